The molecule has 1 aromatic rings. The lowest BCUT2D eigenvalue weighted by Gasteiger charge is -2.32. The standard InChI is InChI=1S/C31H42F3N3O4/c1-4-5-13-24(15-16-35-21-30(2,3)40)36-29(39)27(17-22-10-7-6-8-11-22)37-20-26(19-28(37)38)41-25-14-9-12-23(18-25)31(32,33)34/h9,12-16,18-19,22,27,35,40H,4-8,10-11,17,20-21H2,1-3H3,(H,36,39)/b16-15-,24-13-. The molecule has 0 aromatic heterocycles. The lowest BCUT2D eigenvalue weighted by atomic mass is 9.84. The minimum atomic E-state index is -4.52. The molecule has 1 unspecified atom stereocenters. The summed E-state index contributed by atoms with van der Waals surface area (Å²) in [6.45, 7) is 5.71. The molecule has 1 heterocycles. The second-order valence-corrected chi connectivity index (χ2v) is 11.4. The second-order valence-electron chi connectivity index (χ2n) is 11.4. The number of benzene rings is 1. The molecule has 1 aromatic carbocycles. The van der Waals surface area contributed by atoms with Gasteiger partial charge in [0.1, 0.15) is 17.6 Å². The number of amides is 2. The highest BCUT2D eigenvalue weighted by molar-refractivity contribution is 5.96. The Morgan fingerprint density at radius 1 is 1.22 bits per heavy atom. The first-order valence-corrected chi connectivity index (χ1v) is 14.4. The molecule has 0 radical (unpaired) electrons. The minimum absolute atomic E-state index is 0.0170. The van der Waals surface area contributed by atoms with Crippen molar-refractivity contribution in [1.29, 1.82) is 0 Å². The Kier molecular flexibility index (Phi) is 11.5. The zero-order chi connectivity index (χ0) is 30.0. The Labute approximate surface area is 240 Å². The van der Waals surface area contributed by atoms with Crippen LogP contribution in [0.3, 0.4) is 0 Å². The van der Waals surface area contributed by atoms with Crippen molar-refractivity contribution in [3.63, 3.8) is 0 Å². The van der Waals surface area contributed by atoms with Crippen molar-refractivity contribution >= 4 is 11.8 Å². The molecule has 0 spiro atoms. The molecule has 2 aliphatic rings. The summed E-state index contributed by atoms with van der Waals surface area (Å²) in [7, 11) is 0. The zero-order valence-electron chi connectivity index (χ0n) is 24.1. The van der Waals surface area contributed by atoms with Crippen molar-refractivity contribution in [3.05, 3.63) is 65.7 Å². The zero-order valence-corrected chi connectivity index (χ0v) is 24.1. The third kappa shape index (κ3) is 10.6. The molecule has 2 amide bonds. The number of carbonyl (C=O) groups excluding carboxylic acids is 2. The van der Waals surface area contributed by atoms with Crippen LogP contribution in [-0.2, 0) is 15.8 Å². The van der Waals surface area contributed by atoms with Crippen LogP contribution in [0.2, 0.25) is 0 Å². The molecule has 1 aliphatic heterocycles. The van der Waals surface area contributed by atoms with Crippen LogP contribution in [0.4, 0.5) is 13.2 Å². The number of hydrogen-bond acceptors (Lipinski definition) is 5. The average molecular weight is 578 g/mol. The first-order chi connectivity index (χ1) is 19.4. The summed E-state index contributed by atoms with van der Waals surface area (Å²) < 4.78 is 45.1. The summed E-state index contributed by atoms with van der Waals surface area (Å²) in [6.07, 6.45) is 9.39. The maximum Gasteiger partial charge on any atom is 0.416 e. The number of carbonyl (C=O) groups is 2. The van der Waals surface area contributed by atoms with E-state index < -0.39 is 29.3 Å². The maximum absolute atomic E-state index is 13.7. The van der Waals surface area contributed by atoms with Gasteiger partial charge in [-0.05, 0) is 63.1 Å². The Morgan fingerprint density at radius 3 is 2.61 bits per heavy atom. The number of nitrogens with zero attached hydrogens (tertiary/aromatic N) is 1. The van der Waals surface area contributed by atoms with E-state index in [0.717, 1.165) is 57.1 Å². The van der Waals surface area contributed by atoms with Gasteiger partial charge in [-0.15, -0.1) is 0 Å². The number of allylic oxidation sites excluding steroid dienone is 2. The molecule has 0 bridgehead atoms. The third-order valence-electron chi connectivity index (χ3n) is 7.10. The van der Waals surface area contributed by atoms with Crippen molar-refractivity contribution in [2.24, 2.45) is 5.92 Å². The van der Waals surface area contributed by atoms with Gasteiger partial charge in [0, 0.05) is 18.3 Å². The Bertz CT molecular complexity index is 1130. The predicted octanol–water partition coefficient (Wildman–Crippen LogP) is 5.82. The molecule has 226 valence electrons. The molecular formula is C31H42F3N3O4. The molecule has 41 heavy (non-hydrogen) atoms. The van der Waals surface area contributed by atoms with Gasteiger partial charge >= 0.3 is 6.18 Å². The fourth-order valence-corrected chi connectivity index (χ4v) is 4.98. The Morgan fingerprint density at radius 2 is 1.95 bits per heavy atom. The Hall–Kier alpha value is -3.27. The number of hydrogen-bond donors (Lipinski definition) is 3. The van der Waals surface area contributed by atoms with Crippen LogP contribution < -0.4 is 15.4 Å². The first-order valence-electron chi connectivity index (χ1n) is 14.4. The van der Waals surface area contributed by atoms with Gasteiger partial charge in [0.2, 0.25) is 5.91 Å². The summed E-state index contributed by atoms with van der Waals surface area (Å²) in [6, 6.07) is 3.73. The van der Waals surface area contributed by atoms with Crippen LogP contribution in [0, 0.1) is 5.92 Å². The lowest BCUT2D eigenvalue weighted by molar-refractivity contribution is -0.137. The van der Waals surface area contributed by atoms with Crippen LogP contribution in [0.5, 0.6) is 5.75 Å². The second kappa shape index (κ2) is 14.6. The van der Waals surface area contributed by atoms with Gasteiger partial charge in [-0.2, -0.15) is 13.2 Å². The van der Waals surface area contributed by atoms with E-state index in [1.165, 1.54) is 23.1 Å². The number of unbranched alkanes of at least 4 members (excludes halogenated alkanes) is 1. The third-order valence-corrected chi connectivity index (χ3v) is 7.10. The van der Waals surface area contributed by atoms with E-state index in [9.17, 15) is 27.9 Å². The molecule has 3 N–H and O–H groups in total. The van der Waals surface area contributed by atoms with Crippen LogP contribution in [0.15, 0.2) is 60.1 Å². The lowest BCUT2D eigenvalue weighted by Crippen LogP contribution is -2.48. The summed E-state index contributed by atoms with van der Waals surface area (Å²) in [5.41, 5.74) is -1.17. The largest absolute Gasteiger partial charge is 0.460 e. The number of aliphatic hydroxyl groups is 1. The number of halogens is 3. The fourth-order valence-electron chi connectivity index (χ4n) is 4.98. The van der Waals surface area contributed by atoms with Crippen LogP contribution in [0.1, 0.15) is 77.7 Å². The van der Waals surface area contributed by atoms with Gasteiger partial charge in [0.25, 0.3) is 5.91 Å². The molecule has 7 nitrogen and oxygen atoms in total. The van der Waals surface area contributed by atoms with Crippen molar-refractivity contribution < 1.29 is 32.6 Å². The normalized spacial score (nSPS) is 18.0. The highest BCUT2D eigenvalue weighted by atomic mass is 19.4. The molecule has 3 rings (SSSR count). The summed E-state index contributed by atoms with van der Waals surface area (Å²) in [5.74, 6) is -0.292. The van der Waals surface area contributed by atoms with Crippen molar-refractivity contribution in [2.45, 2.75) is 90.0 Å². The van der Waals surface area contributed by atoms with Crippen molar-refractivity contribution in [3.8, 4) is 5.75 Å². The minimum Gasteiger partial charge on any atom is -0.460 e. The summed E-state index contributed by atoms with van der Waals surface area (Å²) >= 11 is 0. The van der Waals surface area contributed by atoms with E-state index >= 15 is 0 Å². The van der Waals surface area contributed by atoms with Gasteiger partial charge in [-0.25, -0.2) is 0 Å². The molecule has 0 saturated heterocycles. The smallest absolute Gasteiger partial charge is 0.416 e. The SMILES string of the molecule is CCC/C=C(/C=C\NCC(C)(C)O)NC(=O)C(CC1CCCCC1)N1CC(Oc2cccc(C(F)(F)F)c2)=CC1=O. The van der Waals surface area contributed by atoms with E-state index in [4.69, 9.17) is 4.74 Å². The maximum atomic E-state index is 13.7. The van der Waals surface area contributed by atoms with Crippen LogP contribution in [-0.4, -0.2) is 46.6 Å². The number of alkyl halides is 3. The Balaban J connectivity index is 1.76. The molecule has 1 fully saturated rings. The van der Waals surface area contributed by atoms with Gasteiger partial charge < -0.3 is 25.4 Å². The number of ether oxygens (including phenoxy) is 1. The van der Waals surface area contributed by atoms with Crippen molar-refractivity contribution in [2.75, 3.05) is 13.1 Å². The highest BCUT2D eigenvalue weighted by Gasteiger charge is 2.37. The number of rotatable bonds is 13. The van der Waals surface area contributed by atoms with E-state index in [1.54, 1.807) is 26.1 Å². The van der Waals surface area contributed by atoms with Gasteiger partial charge in [0.15, 0.2) is 0 Å². The molecular weight excluding hydrogens is 535 g/mol. The highest BCUT2D eigenvalue weighted by Crippen LogP contribution is 2.33. The van der Waals surface area contributed by atoms with Crippen LogP contribution in [0.25, 0.3) is 0 Å². The van der Waals surface area contributed by atoms with E-state index in [2.05, 4.69) is 10.6 Å². The number of nitrogens with one attached hydrogen (secondary N) is 2. The van der Waals surface area contributed by atoms with E-state index in [0.29, 0.717) is 18.7 Å². The van der Waals surface area contributed by atoms with Gasteiger partial charge in [0.05, 0.1) is 17.7 Å². The van der Waals surface area contributed by atoms with Crippen molar-refractivity contribution in [1.82, 2.24) is 15.5 Å². The van der Waals surface area contributed by atoms with Gasteiger partial charge in [-0.3, -0.25) is 9.59 Å². The van der Waals surface area contributed by atoms with E-state index in [1.807, 2.05) is 13.0 Å². The fraction of sp³-hybridized carbons (Fsp3) is 0.548. The monoisotopic (exact) mass is 577 g/mol. The summed E-state index contributed by atoms with van der Waals surface area (Å²) in [4.78, 5) is 28.2. The quantitative estimate of drug-likeness (QED) is 0.257. The predicted molar refractivity (Wildman–Crippen MR) is 151 cm³/mol. The van der Waals surface area contributed by atoms with Gasteiger partial charge in [-0.1, -0.05) is 57.6 Å². The van der Waals surface area contributed by atoms with Crippen LogP contribution >= 0.6 is 0 Å². The topological polar surface area (TPSA) is 90.9 Å². The molecule has 10 heteroatoms. The molecule has 1 aliphatic carbocycles. The summed E-state index contributed by atoms with van der Waals surface area (Å²) in [5, 5.41) is 15.9. The molecule has 1 saturated carbocycles. The average Bonchev–Trinajstić information content (AvgIpc) is 3.26. The van der Waals surface area contributed by atoms with E-state index in [-0.39, 0.29) is 29.9 Å². The molecule has 1 atom stereocenters. The first kappa shape index (κ1) is 32.2.